The molecule has 24 heavy (non-hydrogen) atoms. The fraction of sp³-hybridized carbons (Fsp3) is 0.526. The van der Waals surface area contributed by atoms with Gasteiger partial charge in [-0.1, -0.05) is 13.3 Å². The van der Waals surface area contributed by atoms with Gasteiger partial charge in [0.1, 0.15) is 5.58 Å². The van der Waals surface area contributed by atoms with Crippen LogP contribution in [-0.2, 0) is 0 Å². The normalized spacial score (nSPS) is 13.9. The fourth-order valence-electron chi connectivity index (χ4n) is 3.08. The van der Waals surface area contributed by atoms with Crippen LogP contribution in [0.5, 0.6) is 0 Å². The second-order valence-electron chi connectivity index (χ2n) is 6.03. The van der Waals surface area contributed by atoms with Crippen LogP contribution >= 0.6 is 25.3 Å². The van der Waals surface area contributed by atoms with Crippen LogP contribution in [0.15, 0.2) is 33.5 Å². The lowest BCUT2D eigenvalue weighted by atomic mass is 9.95. The second kappa shape index (κ2) is 8.86. The number of anilines is 1. The summed E-state index contributed by atoms with van der Waals surface area (Å²) in [5, 5.41) is 1.06. The highest BCUT2D eigenvalue weighted by Crippen LogP contribution is 2.29. The Labute approximate surface area is 155 Å². The van der Waals surface area contributed by atoms with Gasteiger partial charge in [0.05, 0.1) is 0 Å². The summed E-state index contributed by atoms with van der Waals surface area (Å²) in [4.78, 5) is 14.7. The van der Waals surface area contributed by atoms with Crippen LogP contribution in [-0.4, -0.2) is 24.1 Å². The largest absolute Gasteiger partial charge is 0.422 e. The Morgan fingerprint density at radius 1 is 1.17 bits per heavy atom. The van der Waals surface area contributed by atoms with Crippen molar-refractivity contribution in [2.24, 2.45) is 0 Å². The van der Waals surface area contributed by atoms with E-state index in [-0.39, 0.29) is 16.8 Å². The number of thiol groups is 2. The van der Waals surface area contributed by atoms with E-state index in [2.05, 4.69) is 57.0 Å². The molecule has 1 aromatic heterocycles. The number of hydrogen-bond acceptors (Lipinski definition) is 5. The first-order chi connectivity index (χ1) is 11.5. The maximum Gasteiger partial charge on any atom is 0.339 e. The summed E-state index contributed by atoms with van der Waals surface area (Å²) in [6.45, 7) is 8.20. The van der Waals surface area contributed by atoms with Gasteiger partial charge in [-0.05, 0) is 44.2 Å². The van der Waals surface area contributed by atoms with E-state index in [4.69, 9.17) is 4.42 Å². The van der Waals surface area contributed by atoms with Crippen LogP contribution in [0.4, 0.5) is 5.69 Å². The lowest BCUT2D eigenvalue weighted by Gasteiger charge is -2.22. The lowest BCUT2D eigenvalue weighted by Crippen LogP contribution is -2.22. The minimum Gasteiger partial charge on any atom is -0.422 e. The van der Waals surface area contributed by atoms with Crippen molar-refractivity contribution in [1.82, 2.24) is 0 Å². The summed E-state index contributed by atoms with van der Waals surface area (Å²) in [6, 6.07) is 8.01. The van der Waals surface area contributed by atoms with Gasteiger partial charge < -0.3 is 9.32 Å². The number of nitrogens with zero attached hydrogens (tertiary/aromatic N) is 1. The van der Waals surface area contributed by atoms with Crippen molar-refractivity contribution in [1.29, 1.82) is 0 Å². The van der Waals surface area contributed by atoms with Crippen molar-refractivity contribution in [2.45, 2.75) is 44.8 Å². The van der Waals surface area contributed by atoms with E-state index in [0.29, 0.717) is 16.9 Å². The highest BCUT2D eigenvalue weighted by atomic mass is 32.1. The first kappa shape index (κ1) is 19.3. The van der Waals surface area contributed by atoms with Crippen LogP contribution in [0.2, 0.25) is 0 Å². The van der Waals surface area contributed by atoms with Crippen molar-refractivity contribution >= 4 is 41.9 Å². The van der Waals surface area contributed by atoms with Gasteiger partial charge in [-0.3, -0.25) is 0 Å². The van der Waals surface area contributed by atoms with E-state index in [0.717, 1.165) is 37.0 Å². The molecule has 0 amide bonds. The molecule has 0 N–H and O–H groups in total. The summed E-state index contributed by atoms with van der Waals surface area (Å²) in [5.41, 5.74) is 2.12. The Morgan fingerprint density at radius 2 is 1.88 bits per heavy atom. The zero-order valence-corrected chi connectivity index (χ0v) is 16.4. The van der Waals surface area contributed by atoms with E-state index < -0.39 is 0 Å². The first-order valence-electron chi connectivity index (χ1n) is 8.67. The third kappa shape index (κ3) is 4.12. The minimum absolute atomic E-state index is 0.000254. The van der Waals surface area contributed by atoms with E-state index in [1.807, 2.05) is 18.2 Å². The molecule has 0 aliphatic carbocycles. The third-order valence-electron chi connectivity index (χ3n) is 4.52. The van der Waals surface area contributed by atoms with Crippen molar-refractivity contribution in [3.8, 4) is 0 Å². The predicted octanol–water partition coefficient (Wildman–Crippen LogP) is 4.75. The SMILES string of the molecule is CCCC(S)C(CS)c1cc2ccc(N(CC)CC)cc2oc1=O. The topological polar surface area (TPSA) is 33.5 Å². The van der Waals surface area contributed by atoms with Crippen LogP contribution in [0.25, 0.3) is 11.0 Å². The molecule has 0 bridgehead atoms. The molecule has 3 nitrogen and oxygen atoms in total. The van der Waals surface area contributed by atoms with Gasteiger partial charge in [0, 0.05) is 47.0 Å². The van der Waals surface area contributed by atoms with E-state index in [1.54, 1.807) is 0 Å². The van der Waals surface area contributed by atoms with Gasteiger partial charge in [0.15, 0.2) is 0 Å². The monoisotopic (exact) mass is 365 g/mol. The molecule has 1 heterocycles. The molecule has 0 fully saturated rings. The highest BCUT2D eigenvalue weighted by Gasteiger charge is 2.22. The molecule has 2 aromatic rings. The Balaban J connectivity index is 2.46. The molecular formula is C19H27NO2S2. The zero-order valence-electron chi connectivity index (χ0n) is 14.7. The van der Waals surface area contributed by atoms with E-state index in [9.17, 15) is 4.79 Å². The zero-order chi connectivity index (χ0) is 17.7. The summed E-state index contributed by atoms with van der Waals surface area (Å²) >= 11 is 9.10. The van der Waals surface area contributed by atoms with Gasteiger partial charge >= 0.3 is 5.63 Å². The standard InChI is InChI=1S/C19H27NO2S2/c1-4-7-18(24)16(12-23)15-10-13-8-9-14(20(5-2)6-3)11-17(13)22-19(15)21/h8-11,16,18,23-24H,4-7,12H2,1-3H3. The molecule has 132 valence electrons. The molecule has 5 heteroatoms. The van der Waals surface area contributed by atoms with E-state index >= 15 is 0 Å². The predicted molar refractivity (Wildman–Crippen MR) is 110 cm³/mol. The first-order valence-corrected chi connectivity index (χ1v) is 9.82. The second-order valence-corrected chi connectivity index (χ2v) is 7.06. The molecule has 0 aliphatic heterocycles. The molecule has 0 spiro atoms. The lowest BCUT2D eigenvalue weighted by molar-refractivity contribution is 0.533. The molecule has 0 radical (unpaired) electrons. The average molecular weight is 366 g/mol. The van der Waals surface area contributed by atoms with Gasteiger partial charge in [-0.2, -0.15) is 25.3 Å². The van der Waals surface area contributed by atoms with Gasteiger partial charge in [0.25, 0.3) is 0 Å². The quantitative estimate of drug-likeness (QED) is 0.523. The summed E-state index contributed by atoms with van der Waals surface area (Å²) in [6.07, 6.45) is 1.98. The molecular weight excluding hydrogens is 338 g/mol. The number of hydrogen-bond donors (Lipinski definition) is 2. The van der Waals surface area contributed by atoms with Crippen LogP contribution in [0.1, 0.15) is 45.1 Å². The Morgan fingerprint density at radius 3 is 2.46 bits per heavy atom. The van der Waals surface area contributed by atoms with Crippen LogP contribution in [0.3, 0.4) is 0 Å². The van der Waals surface area contributed by atoms with Crippen molar-refractivity contribution in [3.63, 3.8) is 0 Å². The van der Waals surface area contributed by atoms with Crippen LogP contribution in [0, 0.1) is 0 Å². The van der Waals surface area contributed by atoms with Gasteiger partial charge in [-0.25, -0.2) is 4.79 Å². The van der Waals surface area contributed by atoms with Gasteiger partial charge in [-0.15, -0.1) is 0 Å². The van der Waals surface area contributed by atoms with Crippen LogP contribution < -0.4 is 10.5 Å². The van der Waals surface area contributed by atoms with Crippen molar-refractivity contribution in [2.75, 3.05) is 23.7 Å². The average Bonchev–Trinajstić information content (AvgIpc) is 2.57. The van der Waals surface area contributed by atoms with Crippen molar-refractivity contribution < 1.29 is 4.42 Å². The number of fused-ring (bicyclic) bond motifs is 1. The molecule has 0 saturated carbocycles. The van der Waals surface area contributed by atoms with Crippen molar-refractivity contribution in [3.05, 3.63) is 40.2 Å². The molecule has 2 unspecified atom stereocenters. The Bertz CT molecular complexity index is 725. The molecule has 2 atom stereocenters. The summed E-state index contributed by atoms with van der Waals surface area (Å²) in [5.74, 6) is 0.585. The van der Waals surface area contributed by atoms with Gasteiger partial charge in [0.2, 0.25) is 0 Å². The fourth-order valence-corrected chi connectivity index (χ4v) is 4.23. The third-order valence-corrected chi connectivity index (χ3v) is 5.53. The molecule has 0 saturated heterocycles. The number of rotatable bonds is 8. The number of benzene rings is 1. The maximum absolute atomic E-state index is 12.5. The Hall–Kier alpha value is -1.07. The highest BCUT2D eigenvalue weighted by molar-refractivity contribution is 7.81. The Kier molecular flexibility index (Phi) is 7.11. The van der Waals surface area contributed by atoms with E-state index in [1.165, 1.54) is 0 Å². The summed E-state index contributed by atoms with van der Waals surface area (Å²) < 4.78 is 5.63. The summed E-state index contributed by atoms with van der Waals surface area (Å²) in [7, 11) is 0. The molecule has 2 rings (SSSR count). The maximum atomic E-state index is 12.5. The molecule has 0 aliphatic rings. The molecule has 1 aromatic carbocycles. The minimum atomic E-state index is -0.270. The smallest absolute Gasteiger partial charge is 0.339 e.